The van der Waals surface area contributed by atoms with Gasteiger partial charge in [-0.25, -0.2) is 4.98 Å². The smallest absolute Gasteiger partial charge is 0.0798 e. The molecule has 1 heterocycles. The number of aryl methyl sites for hydroxylation is 1. The molecule has 3 nitrogen and oxygen atoms in total. The molecule has 2 aromatic rings. The third-order valence-electron chi connectivity index (χ3n) is 2.44. The second-order valence-electron chi connectivity index (χ2n) is 3.71. The van der Waals surface area contributed by atoms with Gasteiger partial charge in [0.05, 0.1) is 11.2 Å². The van der Waals surface area contributed by atoms with E-state index < -0.39 is 0 Å². The van der Waals surface area contributed by atoms with Gasteiger partial charge in [0.25, 0.3) is 0 Å². The highest BCUT2D eigenvalue weighted by Gasteiger charge is 2.00. The third-order valence-corrected chi connectivity index (χ3v) is 3.37. The minimum absolute atomic E-state index is 0.807. The lowest BCUT2D eigenvalue weighted by Crippen LogP contribution is -2.12. The first kappa shape index (κ1) is 11.1. The van der Waals surface area contributed by atoms with E-state index in [-0.39, 0.29) is 0 Å². The van der Waals surface area contributed by atoms with E-state index in [0.29, 0.717) is 0 Å². The number of rotatable bonds is 4. The molecule has 0 atom stereocenters. The van der Waals surface area contributed by atoms with Crippen LogP contribution in [0.4, 0.5) is 5.69 Å². The van der Waals surface area contributed by atoms with Gasteiger partial charge in [-0.05, 0) is 24.6 Å². The van der Waals surface area contributed by atoms with Crippen molar-refractivity contribution in [2.75, 3.05) is 5.73 Å². The molecule has 1 aromatic carbocycles. The molecular weight excluding hydrogens is 218 g/mol. The van der Waals surface area contributed by atoms with Crippen molar-refractivity contribution in [3.05, 3.63) is 45.9 Å². The lowest BCUT2D eigenvalue weighted by Gasteiger charge is -2.04. The normalized spacial score (nSPS) is 10.6. The molecule has 16 heavy (non-hydrogen) atoms. The van der Waals surface area contributed by atoms with Crippen LogP contribution in [0.5, 0.6) is 0 Å². The Hall–Kier alpha value is -1.39. The molecule has 1 aromatic heterocycles. The summed E-state index contributed by atoms with van der Waals surface area (Å²) in [6, 6.07) is 7.94. The molecule has 0 unspecified atom stereocenters. The summed E-state index contributed by atoms with van der Waals surface area (Å²) in [5.41, 5.74) is 10.7. The van der Waals surface area contributed by atoms with Crippen LogP contribution < -0.4 is 11.1 Å². The number of hydrogen-bond donors (Lipinski definition) is 2. The van der Waals surface area contributed by atoms with E-state index in [4.69, 9.17) is 5.73 Å². The fourth-order valence-corrected chi connectivity index (χ4v) is 2.20. The Bertz CT molecular complexity index is 448. The Labute approximate surface area is 99.3 Å². The molecule has 2 rings (SSSR count). The van der Waals surface area contributed by atoms with Gasteiger partial charge in [0, 0.05) is 23.7 Å². The zero-order valence-electron chi connectivity index (χ0n) is 9.23. The van der Waals surface area contributed by atoms with Crippen molar-refractivity contribution in [1.82, 2.24) is 10.3 Å². The molecule has 0 saturated heterocycles. The molecule has 0 aliphatic heterocycles. The van der Waals surface area contributed by atoms with Crippen LogP contribution in [0.15, 0.2) is 29.8 Å². The first-order valence-corrected chi connectivity index (χ1v) is 6.08. The van der Waals surface area contributed by atoms with Gasteiger partial charge >= 0.3 is 0 Å². The largest absolute Gasteiger partial charge is 0.399 e. The van der Waals surface area contributed by atoms with Gasteiger partial charge < -0.3 is 11.1 Å². The Morgan fingerprint density at radius 2 is 2.00 bits per heavy atom. The van der Waals surface area contributed by atoms with Crippen molar-refractivity contribution in [3.8, 4) is 0 Å². The topological polar surface area (TPSA) is 50.9 Å². The standard InChI is InChI=1S/C12H15N3S/c1-9-12(16-8-15-9)7-14-6-10-2-4-11(13)5-3-10/h2-5,8,14H,6-7,13H2,1H3. The predicted molar refractivity (Wildman–Crippen MR) is 68.2 cm³/mol. The van der Waals surface area contributed by atoms with E-state index in [2.05, 4.69) is 10.3 Å². The zero-order valence-corrected chi connectivity index (χ0v) is 10.1. The average molecular weight is 233 g/mol. The second kappa shape index (κ2) is 5.09. The number of anilines is 1. The highest BCUT2D eigenvalue weighted by atomic mass is 32.1. The lowest BCUT2D eigenvalue weighted by molar-refractivity contribution is 0.697. The van der Waals surface area contributed by atoms with Crippen molar-refractivity contribution in [1.29, 1.82) is 0 Å². The zero-order chi connectivity index (χ0) is 11.4. The van der Waals surface area contributed by atoms with Crippen LogP contribution in [0.3, 0.4) is 0 Å². The maximum Gasteiger partial charge on any atom is 0.0798 e. The van der Waals surface area contributed by atoms with E-state index in [9.17, 15) is 0 Å². The van der Waals surface area contributed by atoms with Gasteiger partial charge in [0.2, 0.25) is 0 Å². The van der Waals surface area contributed by atoms with Gasteiger partial charge in [-0.3, -0.25) is 0 Å². The molecule has 0 radical (unpaired) electrons. The molecule has 0 bridgehead atoms. The number of nitrogens with one attached hydrogen (secondary N) is 1. The molecule has 0 fully saturated rings. The highest BCUT2D eigenvalue weighted by Crippen LogP contribution is 2.12. The quantitative estimate of drug-likeness (QED) is 0.797. The summed E-state index contributed by atoms with van der Waals surface area (Å²) in [5.74, 6) is 0. The van der Waals surface area contributed by atoms with Gasteiger partial charge in [-0.15, -0.1) is 11.3 Å². The van der Waals surface area contributed by atoms with Gasteiger partial charge in [0.15, 0.2) is 0 Å². The van der Waals surface area contributed by atoms with E-state index >= 15 is 0 Å². The Morgan fingerprint density at radius 3 is 2.62 bits per heavy atom. The average Bonchev–Trinajstić information content (AvgIpc) is 2.68. The van der Waals surface area contributed by atoms with Crippen molar-refractivity contribution in [2.24, 2.45) is 0 Å². The Morgan fingerprint density at radius 1 is 1.25 bits per heavy atom. The maximum atomic E-state index is 5.63. The number of thiazole rings is 1. The van der Waals surface area contributed by atoms with E-state index in [1.807, 2.05) is 36.7 Å². The van der Waals surface area contributed by atoms with Gasteiger partial charge in [0.1, 0.15) is 0 Å². The summed E-state index contributed by atoms with van der Waals surface area (Å²) >= 11 is 1.69. The van der Waals surface area contributed by atoms with Gasteiger partial charge in [-0.1, -0.05) is 12.1 Å². The summed E-state index contributed by atoms with van der Waals surface area (Å²) in [4.78, 5) is 5.52. The van der Waals surface area contributed by atoms with Crippen LogP contribution in [0.2, 0.25) is 0 Å². The summed E-state index contributed by atoms with van der Waals surface area (Å²) in [5, 5.41) is 3.39. The fourth-order valence-electron chi connectivity index (χ4n) is 1.45. The minimum Gasteiger partial charge on any atom is -0.399 e. The van der Waals surface area contributed by atoms with Gasteiger partial charge in [-0.2, -0.15) is 0 Å². The van der Waals surface area contributed by atoms with Crippen LogP contribution in [0.1, 0.15) is 16.1 Å². The number of nitrogens with zero attached hydrogens (tertiary/aromatic N) is 1. The lowest BCUT2D eigenvalue weighted by atomic mass is 10.2. The summed E-state index contributed by atoms with van der Waals surface area (Å²) in [7, 11) is 0. The number of hydrogen-bond acceptors (Lipinski definition) is 4. The molecule has 0 saturated carbocycles. The number of nitrogens with two attached hydrogens (primary N) is 1. The van der Waals surface area contributed by atoms with Crippen LogP contribution in [0.25, 0.3) is 0 Å². The third kappa shape index (κ3) is 2.81. The number of benzene rings is 1. The van der Waals surface area contributed by atoms with Crippen molar-refractivity contribution < 1.29 is 0 Å². The molecular formula is C12H15N3S. The monoisotopic (exact) mass is 233 g/mol. The van der Waals surface area contributed by atoms with Crippen LogP contribution in [-0.2, 0) is 13.1 Å². The Balaban J connectivity index is 1.84. The highest BCUT2D eigenvalue weighted by molar-refractivity contribution is 7.09. The van der Waals surface area contributed by atoms with E-state index in [1.165, 1.54) is 10.4 Å². The van der Waals surface area contributed by atoms with E-state index in [1.54, 1.807) is 11.3 Å². The maximum absolute atomic E-state index is 5.63. The summed E-state index contributed by atoms with van der Waals surface area (Å²) in [6.45, 7) is 3.77. The van der Waals surface area contributed by atoms with E-state index in [0.717, 1.165) is 24.5 Å². The molecule has 0 aliphatic rings. The van der Waals surface area contributed by atoms with Crippen LogP contribution in [-0.4, -0.2) is 4.98 Å². The fraction of sp³-hybridized carbons (Fsp3) is 0.250. The SMILES string of the molecule is Cc1ncsc1CNCc1ccc(N)cc1. The molecule has 3 N–H and O–H groups in total. The molecule has 84 valence electrons. The predicted octanol–water partition coefficient (Wildman–Crippen LogP) is 2.32. The second-order valence-corrected chi connectivity index (χ2v) is 4.65. The molecule has 4 heteroatoms. The van der Waals surface area contributed by atoms with Crippen molar-refractivity contribution >= 4 is 17.0 Å². The molecule has 0 amide bonds. The number of aromatic nitrogens is 1. The summed E-state index contributed by atoms with van der Waals surface area (Å²) in [6.07, 6.45) is 0. The van der Waals surface area contributed by atoms with Crippen LogP contribution in [0, 0.1) is 6.92 Å². The minimum atomic E-state index is 0.807. The van der Waals surface area contributed by atoms with Crippen molar-refractivity contribution in [3.63, 3.8) is 0 Å². The first-order valence-electron chi connectivity index (χ1n) is 5.20. The van der Waals surface area contributed by atoms with Crippen LogP contribution >= 0.6 is 11.3 Å². The molecule has 0 spiro atoms. The summed E-state index contributed by atoms with van der Waals surface area (Å²) < 4.78 is 0. The first-order chi connectivity index (χ1) is 7.75. The molecule has 0 aliphatic carbocycles. The Kier molecular flexibility index (Phi) is 3.54. The number of nitrogen functional groups attached to an aromatic ring is 1. The van der Waals surface area contributed by atoms with Crippen molar-refractivity contribution in [2.45, 2.75) is 20.0 Å².